The highest BCUT2D eigenvalue weighted by atomic mass is 16.5. The molecule has 2 aliphatic rings. The maximum Gasteiger partial charge on any atom is 0.237 e. The summed E-state index contributed by atoms with van der Waals surface area (Å²) in [5.74, 6) is 0.594. The van der Waals surface area contributed by atoms with Crippen LogP contribution in [0.2, 0.25) is 0 Å². The minimum absolute atomic E-state index is 0.0244. The second kappa shape index (κ2) is 9.19. The number of piperazine rings is 1. The van der Waals surface area contributed by atoms with E-state index in [1.807, 2.05) is 13.1 Å². The summed E-state index contributed by atoms with van der Waals surface area (Å²) >= 11 is 0. The van der Waals surface area contributed by atoms with Crippen molar-refractivity contribution in [2.75, 3.05) is 39.9 Å². The zero-order valence-electron chi connectivity index (χ0n) is 15.5. The predicted molar refractivity (Wildman–Crippen MR) is 96.3 cm³/mol. The lowest BCUT2D eigenvalue weighted by Crippen LogP contribution is -2.56. The topological polar surface area (TPSA) is 75.0 Å². The Balaban J connectivity index is 1.51. The molecule has 0 aromatic carbocycles. The lowest BCUT2D eigenvalue weighted by Gasteiger charge is -2.35. The van der Waals surface area contributed by atoms with Gasteiger partial charge >= 0.3 is 0 Å². The molecule has 7 nitrogen and oxygen atoms in total. The summed E-state index contributed by atoms with van der Waals surface area (Å²) in [4.78, 5) is 28.8. The lowest BCUT2D eigenvalue weighted by molar-refractivity contribution is -0.138. The quantitative estimate of drug-likeness (QED) is 0.789. The summed E-state index contributed by atoms with van der Waals surface area (Å²) in [6.45, 7) is 4.36. The number of nitrogens with one attached hydrogen (secondary N) is 1. The van der Waals surface area contributed by atoms with Crippen LogP contribution in [0.1, 0.15) is 31.2 Å². The molecule has 3 rings (SSSR count). The molecule has 144 valence electrons. The van der Waals surface area contributed by atoms with Gasteiger partial charge in [0.05, 0.1) is 25.0 Å². The highest BCUT2D eigenvalue weighted by Crippen LogP contribution is 2.19. The molecule has 1 aromatic heterocycles. The number of hydrogen-bond donors (Lipinski definition) is 1. The molecule has 0 aliphatic carbocycles. The number of carbonyl (C=O) groups is 2. The van der Waals surface area contributed by atoms with Crippen LogP contribution in [0.5, 0.6) is 0 Å². The second-order valence-corrected chi connectivity index (χ2v) is 7.27. The minimum atomic E-state index is -0.420. The van der Waals surface area contributed by atoms with Crippen LogP contribution in [-0.2, 0) is 20.9 Å². The van der Waals surface area contributed by atoms with Crippen LogP contribution in [0.4, 0.5) is 0 Å². The molecule has 1 N–H and O–H groups in total. The molecule has 0 saturated carbocycles. The number of amides is 2. The van der Waals surface area contributed by atoms with E-state index in [-0.39, 0.29) is 18.2 Å². The summed E-state index contributed by atoms with van der Waals surface area (Å²) < 4.78 is 10.5. The summed E-state index contributed by atoms with van der Waals surface area (Å²) in [6.07, 6.45) is 6.68. The fourth-order valence-electron chi connectivity index (χ4n) is 3.65. The van der Waals surface area contributed by atoms with E-state index >= 15 is 0 Å². The van der Waals surface area contributed by atoms with Crippen LogP contribution in [0.25, 0.3) is 0 Å². The molecule has 1 unspecified atom stereocenters. The van der Waals surface area contributed by atoms with Crippen molar-refractivity contribution in [2.45, 2.75) is 38.3 Å². The number of nitrogens with zero attached hydrogens (tertiary/aromatic N) is 2. The van der Waals surface area contributed by atoms with Gasteiger partial charge in [-0.05, 0) is 31.2 Å². The summed E-state index contributed by atoms with van der Waals surface area (Å²) in [7, 11) is 1.84. The van der Waals surface area contributed by atoms with Crippen LogP contribution in [0.15, 0.2) is 23.0 Å². The molecule has 26 heavy (non-hydrogen) atoms. The Morgan fingerprint density at radius 3 is 2.92 bits per heavy atom. The van der Waals surface area contributed by atoms with Gasteiger partial charge in [-0.2, -0.15) is 0 Å². The minimum Gasteiger partial charge on any atom is -0.472 e. The first-order valence-electron chi connectivity index (χ1n) is 9.48. The maximum atomic E-state index is 12.7. The third-order valence-corrected chi connectivity index (χ3v) is 5.41. The van der Waals surface area contributed by atoms with Crippen LogP contribution in [0.3, 0.4) is 0 Å². The average Bonchev–Trinajstić information content (AvgIpc) is 3.16. The van der Waals surface area contributed by atoms with E-state index in [9.17, 15) is 9.59 Å². The first kappa shape index (κ1) is 18.9. The van der Waals surface area contributed by atoms with Gasteiger partial charge in [-0.1, -0.05) is 0 Å². The van der Waals surface area contributed by atoms with E-state index in [0.717, 1.165) is 51.1 Å². The monoisotopic (exact) mass is 363 g/mol. The number of furan rings is 1. The number of rotatable bonds is 7. The van der Waals surface area contributed by atoms with Gasteiger partial charge < -0.3 is 19.4 Å². The SMILES string of the molecule is CN(CCC1CCOCC1)C(=O)CC1C(=O)NCCN1Cc1ccoc1. The Labute approximate surface area is 154 Å². The molecule has 0 bridgehead atoms. The van der Waals surface area contributed by atoms with Gasteiger partial charge in [0.2, 0.25) is 11.8 Å². The van der Waals surface area contributed by atoms with Crippen LogP contribution >= 0.6 is 0 Å². The van der Waals surface area contributed by atoms with E-state index in [0.29, 0.717) is 19.0 Å². The zero-order valence-corrected chi connectivity index (χ0v) is 15.5. The van der Waals surface area contributed by atoms with Crippen molar-refractivity contribution in [1.29, 1.82) is 0 Å². The van der Waals surface area contributed by atoms with E-state index in [1.54, 1.807) is 17.4 Å². The normalized spacial score (nSPS) is 22.2. The highest BCUT2D eigenvalue weighted by Gasteiger charge is 2.32. The van der Waals surface area contributed by atoms with Crippen molar-refractivity contribution >= 4 is 11.8 Å². The van der Waals surface area contributed by atoms with Crippen LogP contribution in [0, 0.1) is 5.92 Å². The molecule has 2 aliphatic heterocycles. The fourth-order valence-corrected chi connectivity index (χ4v) is 3.65. The summed E-state index contributed by atoms with van der Waals surface area (Å²) in [5.41, 5.74) is 1.02. The first-order valence-corrected chi connectivity index (χ1v) is 9.48. The smallest absolute Gasteiger partial charge is 0.237 e. The molecule has 3 heterocycles. The van der Waals surface area contributed by atoms with Gasteiger partial charge in [0.25, 0.3) is 0 Å². The Morgan fingerprint density at radius 2 is 2.19 bits per heavy atom. The Kier molecular flexibility index (Phi) is 6.68. The Hall–Kier alpha value is -1.86. The van der Waals surface area contributed by atoms with E-state index < -0.39 is 6.04 Å². The molecular weight excluding hydrogens is 334 g/mol. The van der Waals surface area contributed by atoms with Crippen molar-refractivity contribution in [3.05, 3.63) is 24.2 Å². The lowest BCUT2D eigenvalue weighted by atomic mass is 9.96. The molecule has 2 amide bonds. The largest absolute Gasteiger partial charge is 0.472 e. The van der Waals surface area contributed by atoms with Gasteiger partial charge in [-0.25, -0.2) is 0 Å². The molecule has 1 atom stereocenters. The maximum absolute atomic E-state index is 12.7. The number of ether oxygens (including phenoxy) is 1. The molecule has 2 saturated heterocycles. The summed E-state index contributed by atoms with van der Waals surface area (Å²) in [6, 6.07) is 1.47. The van der Waals surface area contributed by atoms with Gasteiger partial charge in [-0.3, -0.25) is 14.5 Å². The molecule has 7 heteroatoms. The van der Waals surface area contributed by atoms with Gasteiger partial charge in [0.1, 0.15) is 0 Å². The van der Waals surface area contributed by atoms with E-state index in [2.05, 4.69) is 10.2 Å². The van der Waals surface area contributed by atoms with Gasteiger partial charge in [0.15, 0.2) is 0 Å². The van der Waals surface area contributed by atoms with E-state index in [4.69, 9.17) is 9.15 Å². The Morgan fingerprint density at radius 1 is 1.38 bits per heavy atom. The molecule has 1 aromatic rings. The van der Waals surface area contributed by atoms with Gasteiger partial charge in [0, 0.05) is 52.0 Å². The second-order valence-electron chi connectivity index (χ2n) is 7.27. The number of hydrogen-bond acceptors (Lipinski definition) is 5. The van der Waals surface area contributed by atoms with Crippen molar-refractivity contribution in [1.82, 2.24) is 15.1 Å². The fraction of sp³-hybridized carbons (Fsp3) is 0.684. The predicted octanol–water partition coefficient (Wildman–Crippen LogP) is 1.25. The average molecular weight is 363 g/mol. The van der Waals surface area contributed by atoms with Crippen molar-refractivity contribution < 1.29 is 18.7 Å². The molecular formula is C19H29N3O4. The standard InChI is InChI=1S/C19H29N3O4/c1-21(7-2-15-3-9-25-10-4-15)18(23)12-17-19(24)20-6-8-22(17)13-16-5-11-26-14-16/h5,11,14-15,17H,2-4,6-10,12-13H2,1H3,(H,20,24). The molecule has 0 radical (unpaired) electrons. The van der Waals surface area contributed by atoms with Crippen LogP contribution < -0.4 is 5.32 Å². The Bertz CT molecular complexity index is 584. The molecule has 0 spiro atoms. The van der Waals surface area contributed by atoms with Crippen molar-refractivity contribution in [2.24, 2.45) is 5.92 Å². The van der Waals surface area contributed by atoms with Crippen LogP contribution in [-0.4, -0.2) is 67.6 Å². The molecule has 2 fully saturated rings. The third kappa shape index (κ3) is 5.08. The summed E-state index contributed by atoms with van der Waals surface area (Å²) in [5, 5.41) is 2.88. The van der Waals surface area contributed by atoms with Gasteiger partial charge in [-0.15, -0.1) is 0 Å². The number of carbonyl (C=O) groups excluding carboxylic acids is 2. The first-order chi connectivity index (χ1) is 12.6. The van der Waals surface area contributed by atoms with Crippen molar-refractivity contribution in [3.8, 4) is 0 Å². The highest BCUT2D eigenvalue weighted by molar-refractivity contribution is 5.88. The zero-order chi connectivity index (χ0) is 18.4. The van der Waals surface area contributed by atoms with Crippen molar-refractivity contribution in [3.63, 3.8) is 0 Å². The van der Waals surface area contributed by atoms with E-state index in [1.165, 1.54) is 0 Å². The third-order valence-electron chi connectivity index (χ3n) is 5.41.